The largest absolute Gasteiger partial charge is 0.267 e. The summed E-state index contributed by atoms with van der Waals surface area (Å²) in [4.78, 5) is 1.35. The molecule has 2 heterocycles. The summed E-state index contributed by atoms with van der Waals surface area (Å²) >= 11 is 1.77. The van der Waals surface area contributed by atoms with Crippen LogP contribution in [0.3, 0.4) is 0 Å². The van der Waals surface area contributed by atoms with E-state index in [1.165, 1.54) is 10.4 Å². The van der Waals surface area contributed by atoms with Gasteiger partial charge in [0.15, 0.2) is 0 Å². The molecule has 62 valence electrons. The van der Waals surface area contributed by atoms with Crippen LogP contribution in [0.5, 0.6) is 0 Å². The van der Waals surface area contributed by atoms with Crippen molar-refractivity contribution in [1.29, 1.82) is 0 Å². The van der Waals surface area contributed by atoms with Gasteiger partial charge in [0.1, 0.15) is 0 Å². The molecule has 0 spiro atoms. The maximum Gasteiger partial charge on any atom is 0.0752 e. The molecule has 0 bridgehead atoms. The van der Waals surface area contributed by atoms with E-state index in [1.54, 1.807) is 11.3 Å². The molecule has 0 radical (unpaired) electrons. The van der Waals surface area contributed by atoms with Crippen molar-refractivity contribution in [3.05, 3.63) is 40.3 Å². The number of hydrogen-bond acceptors (Lipinski definition) is 2. The van der Waals surface area contributed by atoms with Gasteiger partial charge in [-0.15, -0.1) is 11.3 Å². The number of rotatable bonds is 2. The van der Waals surface area contributed by atoms with Gasteiger partial charge in [-0.2, -0.15) is 5.10 Å². The van der Waals surface area contributed by atoms with Crippen LogP contribution in [0, 0.1) is 6.92 Å². The molecular weight excluding hydrogens is 168 g/mol. The standard InChI is InChI=1S/C9H10N2S/c1-8-5-10-11(6-8)7-9-3-2-4-12-9/h2-6H,7H2,1H3. The SMILES string of the molecule is Cc1cnn(Cc2cccs2)c1. The molecule has 2 aromatic heterocycles. The Balaban J connectivity index is 2.14. The molecule has 2 rings (SSSR count). The molecule has 0 saturated heterocycles. The minimum atomic E-state index is 0.894. The Kier molecular flexibility index (Phi) is 1.96. The summed E-state index contributed by atoms with van der Waals surface area (Å²) in [7, 11) is 0. The molecule has 2 nitrogen and oxygen atoms in total. The van der Waals surface area contributed by atoms with Crippen molar-refractivity contribution in [1.82, 2.24) is 9.78 Å². The number of aryl methyl sites for hydroxylation is 1. The van der Waals surface area contributed by atoms with Crippen molar-refractivity contribution in [2.24, 2.45) is 0 Å². The number of nitrogens with zero attached hydrogens (tertiary/aromatic N) is 2. The Morgan fingerprint density at radius 1 is 1.58 bits per heavy atom. The first-order valence-corrected chi connectivity index (χ1v) is 4.74. The molecule has 0 aliphatic rings. The zero-order valence-electron chi connectivity index (χ0n) is 6.90. The van der Waals surface area contributed by atoms with E-state index in [-0.39, 0.29) is 0 Å². The Labute approximate surface area is 75.5 Å². The van der Waals surface area contributed by atoms with E-state index in [1.807, 2.05) is 10.9 Å². The Morgan fingerprint density at radius 3 is 3.08 bits per heavy atom. The number of thiophene rings is 1. The summed E-state index contributed by atoms with van der Waals surface area (Å²) < 4.78 is 1.96. The van der Waals surface area contributed by atoms with Crippen molar-refractivity contribution in [3.8, 4) is 0 Å². The van der Waals surface area contributed by atoms with Gasteiger partial charge >= 0.3 is 0 Å². The molecule has 0 aromatic carbocycles. The average Bonchev–Trinajstić information content (AvgIpc) is 2.63. The topological polar surface area (TPSA) is 17.8 Å². The Morgan fingerprint density at radius 2 is 2.50 bits per heavy atom. The van der Waals surface area contributed by atoms with Gasteiger partial charge in [-0.1, -0.05) is 6.07 Å². The highest BCUT2D eigenvalue weighted by atomic mass is 32.1. The molecule has 12 heavy (non-hydrogen) atoms. The molecule has 0 aliphatic heterocycles. The van der Waals surface area contributed by atoms with Crippen LogP contribution in [-0.4, -0.2) is 9.78 Å². The van der Waals surface area contributed by atoms with Crippen LogP contribution in [0.4, 0.5) is 0 Å². The van der Waals surface area contributed by atoms with E-state index in [2.05, 4.69) is 35.7 Å². The summed E-state index contributed by atoms with van der Waals surface area (Å²) in [6.45, 7) is 2.95. The van der Waals surface area contributed by atoms with Crippen molar-refractivity contribution in [2.45, 2.75) is 13.5 Å². The van der Waals surface area contributed by atoms with Gasteiger partial charge in [0, 0.05) is 11.1 Å². The molecule has 0 unspecified atom stereocenters. The van der Waals surface area contributed by atoms with Crippen LogP contribution in [0.15, 0.2) is 29.9 Å². The van der Waals surface area contributed by atoms with Gasteiger partial charge in [0.25, 0.3) is 0 Å². The molecular formula is C9H10N2S. The highest BCUT2D eigenvalue weighted by Gasteiger charge is 1.96. The monoisotopic (exact) mass is 178 g/mol. The predicted molar refractivity (Wildman–Crippen MR) is 50.4 cm³/mol. The second kappa shape index (κ2) is 3.11. The summed E-state index contributed by atoms with van der Waals surface area (Å²) in [6.07, 6.45) is 3.94. The molecule has 0 saturated carbocycles. The molecule has 0 amide bonds. The van der Waals surface area contributed by atoms with E-state index < -0.39 is 0 Å². The van der Waals surface area contributed by atoms with Gasteiger partial charge in [-0.05, 0) is 23.9 Å². The first-order valence-electron chi connectivity index (χ1n) is 3.86. The van der Waals surface area contributed by atoms with Crippen LogP contribution >= 0.6 is 11.3 Å². The first kappa shape index (κ1) is 7.55. The van der Waals surface area contributed by atoms with E-state index in [4.69, 9.17) is 0 Å². The second-order valence-corrected chi connectivity index (χ2v) is 3.83. The molecule has 3 heteroatoms. The van der Waals surface area contributed by atoms with Gasteiger partial charge in [0.05, 0.1) is 12.7 Å². The maximum absolute atomic E-state index is 4.21. The molecule has 0 aliphatic carbocycles. The number of aromatic nitrogens is 2. The fraction of sp³-hybridized carbons (Fsp3) is 0.222. The minimum Gasteiger partial charge on any atom is -0.267 e. The molecule has 0 atom stereocenters. The third kappa shape index (κ3) is 1.56. The molecule has 0 fully saturated rings. The lowest BCUT2D eigenvalue weighted by atomic mass is 10.4. The van der Waals surface area contributed by atoms with Gasteiger partial charge < -0.3 is 0 Å². The normalized spacial score (nSPS) is 10.4. The smallest absolute Gasteiger partial charge is 0.0752 e. The van der Waals surface area contributed by atoms with Crippen LogP contribution < -0.4 is 0 Å². The maximum atomic E-state index is 4.21. The first-order chi connectivity index (χ1) is 5.84. The highest BCUT2D eigenvalue weighted by Crippen LogP contribution is 2.10. The summed E-state index contributed by atoms with van der Waals surface area (Å²) in [5.74, 6) is 0. The summed E-state index contributed by atoms with van der Waals surface area (Å²) in [6, 6.07) is 4.19. The van der Waals surface area contributed by atoms with Crippen molar-refractivity contribution >= 4 is 11.3 Å². The van der Waals surface area contributed by atoms with E-state index in [0.717, 1.165) is 6.54 Å². The predicted octanol–water partition coefficient (Wildman–Crippen LogP) is 2.30. The Hall–Kier alpha value is -1.09. The third-order valence-corrected chi connectivity index (χ3v) is 2.52. The van der Waals surface area contributed by atoms with Gasteiger partial charge in [0.2, 0.25) is 0 Å². The van der Waals surface area contributed by atoms with E-state index in [0.29, 0.717) is 0 Å². The van der Waals surface area contributed by atoms with E-state index in [9.17, 15) is 0 Å². The lowest BCUT2D eigenvalue weighted by molar-refractivity contribution is 0.694. The van der Waals surface area contributed by atoms with E-state index >= 15 is 0 Å². The second-order valence-electron chi connectivity index (χ2n) is 2.79. The highest BCUT2D eigenvalue weighted by molar-refractivity contribution is 7.09. The van der Waals surface area contributed by atoms with Crippen LogP contribution in [-0.2, 0) is 6.54 Å². The van der Waals surface area contributed by atoms with Gasteiger partial charge in [-0.3, -0.25) is 4.68 Å². The van der Waals surface area contributed by atoms with Crippen molar-refractivity contribution < 1.29 is 0 Å². The third-order valence-electron chi connectivity index (χ3n) is 1.66. The summed E-state index contributed by atoms with van der Waals surface area (Å²) in [5, 5.41) is 6.30. The Bertz CT molecular complexity index is 348. The van der Waals surface area contributed by atoms with Crippen LogP contribution in [0.2, 0.25) is 0 Å². The fourth-order valence-electron chi connectivity index (χ4n) is 1.12. The fourth-order valence-corrected chi connectivity index (χ4v) is 1.81. The zero-order valence-corrected chi connectivity index (χ0v) is 7.71. The van der Waals surface area contributed by atoms with Crippen LogP contribution in [0.1, 0.15) is 10.4 Å². The summed E-state index contributed by atoms with van der Waals surface area (Å²) in [5.41, 5.74) is 1.21. The van der Waals surface area contributed by atoms with Gasteiger partial charge in [-0.25, -0.2) is 0 Å². The zero-order chi connectivity index (χ0) is 8.39. The lowest BCUT2D eigenvalue weighted by Crippen LogP contribution is -1.97. The van der Waals surface area contributed by atoms with Crippen molar-refractivity contribution in [3.63, 3.8) is 0 Å². The molecule has 2 aromatic rings. The quantitative estimate of drug-likeness (QED) is 0.690. The molecule has 0 N–H and O–H groups in total. The lowest BCUT2D eigenvalue weighted by Gasteiger charge is -1.95. The minimum absolute atomic E-state index is 0.894. The number of hydrogen-bond donors (Lipinski definition) is 0. The van der Waals surface area contributed by atoms with Crippen LogP contribution in [0.25, 0.3) is 0 Å². The average molecular weight is 178 g/mol. The van der Waals surface area contributed by atoms with Crippen molar-refractivity contribution in [2.75, 3.05) is 0 Å².